The van der Waals surface area contributed by atoms with Gasteiger partial charge in [0.25, 0.3) is 0 Å². The van der Waals surface area contributed by atoms with E-state index >= 15 is 0 Å². The van der Waals surface area contributed by atoms with Crippen molar-refractivity contribution >= 4 is 10.9 Å². The van der Waals surface area contributed by atoms with Crippen LogP contribution in [0, 0.1) is 5.41 Å². The Bertz CT molecular complexity index is 587. The smallest absolute Gasteiger partial charge is 0.130 e. The lowest BCUT2D eigenvalue weighted by Gasteiger charge is -2.35. The molecule has 0 radical (unpaired) electrons. The van der Waals surface area contributed by atoms with Crippen LogP contribution in [-0.4, -0.2) is 29.7 Å². The first-order chi connectivity index (χ1) is 9.55. The molecular weight excluding hydrogens is 248 g/mol. The predicted molar refractivity (Wildman–Crippen MR) is 81.8 cm³/mol. The maximum Gasteiger partial charge on any atom is 0.130 e. The number of fused-ring (bicyclic) bond motifs is 1. The maximum atomic E-state index is 10.6. The summed E-state index contributed by atoms with van der Waals surface area (Å²) in [5.74, 6) is 0. The van der Waals surface area contributed by atoms with Crippen molar-refractivity contribution in [3.63, 3.8) is 0 Å². The lowest BCUT2D eigenvalue weighted by Crippen LogP contribution is -3.14. The molecule has 0 spiro atoms. The van der Waals surface area contributed by atoms with Crippen molar-refractivity contribution in [1.29, 1.82) is 0 Å². The lowest BCUT2D eigenvalue weighted by molar-refractivity contribution is -0.915. The van der Waals surface area contributed by atoms with Crippen LogP contribution in [0.5, 0.6) is 0 Å². The summed E-state index contributed by atoms with van der Waals surface area (Å²) in [5, 5.41) is 11.7. The highest BCUT2D eigenvalue weighted by Gasteiger charge is 2.31. The number of para-hydroxylation sites is 1. The maximum absolute atomic E-state index is 10.6. The van der Waals surface area contributed by atoms with Crippen molar-refractivity contribution in [3.05, 3.63) is 36.0 Å². The molecule has 1 aromatic heterocycles. The van der Waals surface area contributed by atoms with E-state index in [1.807, 2.05) is 18.3 Å². The first-order valence-corrected chi connectivity index (χ1v) is 7.63. The fourth-order valence-corrected chi connectivity index (χ4v) is 3.60. The fourth-order valence-electron chi connectivity index (χ4n) is 3.60. The zero-order valence-corrected chi connectivity index (χ0v) is 12.4. The minimum absolute atomic E-state index is 0.380. The SMILES string of the molecule is CC1(C)CCC[NH+](C[C@@H](O)c2c[nH]c3ccccc23)C1. The number of aliphatic hydroxyl groups is 1. The molecule has 3 rings (SSSR count). The summed E-state index contributed by atoms with van der Waals surface area (Å²) in [5.41, 5.74) is 2.56. The summed E-state index contributed by atoms with van der Waals surface area (Å²) in [6, 6.07) is 8.19. The Morgan fingerprint density at radius 2 is 2.15 bits per heavy atom. The summed E-state index contributed by atoms with van der Waals surface area (Å²) >= 11 is 0. The second-order valence-corrected chi connectivity index (χ2v) is 6.95. The van der Waals surface area contributed by atoms with Gasteiger partial charge in [-0.05, 0) is 18.9 Å². The first kappa shape index (κ1) is 13.7. The van der Waals surface area contributed by atoms with Crippen LogP contribution in [-0.2, 0) is 0 Å². The van der Waals surface area contributed by atoms with E-state index in [-0.39, 0.29) is 6.10 Å². The van der Waals surface area contributed by atoms with Crippen LogP contribution in [0.25, 0.3) is 10.9 Å². The number of nitrogens with one attached hydrogen (secondary N) is 2. The van der Waals surface area contributed by atoms with E-state index in [0.717, 1.165) is 29.6 Å². The number of rotatable bonds is 3. The van der Waals surface area contributed by atoms with Crippen LogP contribution in [0.1, 0.15) is 38.4 Å². The van der Waals surface area contributed by atoms with Gasteiger partial charge in [-0.3, -0.25) is 0 Å². The van der Waals surface area contributed by atoms with Gasteiger partial charge in [-0.1, -0.05) is 32.0 Å². The van der Waals surface area contributed by atoms with Gasteiger partial charge >= 0.3 is 0 Å². The van der Waals surface area contributed by atoms with Crippen molar-refractivity contribution in [2.24, 2.45) is 5.41 Å². The van der Waals surface area contributed by atoms with Crippen molar-refractivity contribution in [2.45, 2.75) is 32.8 Å². The molecule has 108 valence electrons. The molecule has 1 saturated heterocycles. The second kappa shape index (κ2) is 5.23. The summed E-state index contributed by atoms with van der Waals surface area (Å²) in [6.07, 6.45) is 4.15. The molecule has 1 aliphatic rings. The monoisotopic (exact) mass is 273 g/mol. The molecule has 0 bridgehead atoms. The molecular formula is C17H25N2O+. The Labute approximate surface area is 120 Å². The molecule has 3 nitrogen and oxygen atoms in total. The van der Waals surface area contributed by atoms with E-state index < -0.39 is 0 Å². The third-order valence-electron chi connectivity index (χ3n) is 4.57. The van der Waals surface area contributed by atoms with Crippen LogP contribution in [0.4, 0.5) is 0 Å². The molecule has 2 heterocycles. The van der Waals surface area contributed by atoms with E-state index in [9.17, 15) is 5.11 Å². The largest absolute Gasteiger partial charge is 0.382 e. The van der Waals surface area contributed by atoms with E-state index in [4.69, 9.17) is 0 Å². The highest BCUT2D eigenvalue weighted by Crippen LogP contribution is 2.24. The number of aliphatic hydroxyl groups excluding tert-OH is 1. The number of H-pyrrole nitrogens is 1. The number of hydrogen-bond acceptors (Lipinski definition) is 1. The molecule has 3 heteroatoms. The number of aromatic amines is 1. The number of hydrogen-bond donors (Lipinski definition) is 3. The number of piperidine rings is 1. The predicted octanol–water partition coefficient (Wildman–Crippen LogP) is 1.91. The van der Waals surface area contributed by atoms with Gasteiger partial charge < -0.3 is 15.0 Å². The van der Waals surface area contributed by atoms with Crippen molar-refractivity contribution in [2.75, 3.05) is 19.6 Å². The average molecular weight is 273 g/mol. The molecule has 0 amide bonds. The summed E-state index contributed by atoms with van der Waals surface area (Å²) in [7, 11) is 0. The second-order valence-electron chi connectivity index (χ2n) is 6.95. The summed E-state index contributed by atoms with van der Waals surface area (Å²) in [6.45, 7) is 7.83. The molecule has 1 aromatic carbocycles. The van der Waals surface area contributed by atoms with Crippen molar-refractivity contribution in [1.82, 2.24) is 4.98 Å². The van der Waals surface area contributed by atoms with Crippen LogP contribution in [0.15, 0.2) is 30.5 Å². The van der Waals surface area contributed by atoms with E-state index in [1.165, 1.54) is 24.3 Å². The van der Waals surface area contributed by atoms with Gasteiger partial charge in [-0.15, -0.1) is 0 Å². The highest BCUT2D eigenvalue weighted by molar-refractivity contribution is 5.83. The van der Waals surface area contributed by atoms with Crippen LogP contribution >= 0.6 is 0 Å². The van der Waals surface area contributed by atoms with Gasteiger partial charge in [0, 0.05) is 28.1 Å². The Balaban J connectivity index is 1.74. The van der Waals surface area contributed by atoms with Gasteiger partial charge in [0.05, 0.1) is 13.1 Å². The fraction of sp³-hybridized carbons (Fsp3) is 0.529. The van der Waals surface area contributed by atoms with Gasteiger partial charge in [0.1, 0.15) is 12.6 Å². The van der Waals surface area contributed by atoms with Gasteiger partial charge in [0.15, 0.2) is 0 Å². The number of aromatic nitrogens is 1. The Hall–Kier alpha value is -1.32. The number of quaternary nitrogens is 1. The molecule has 3 N–H and O–H groups in total. The standard InChI is InChI=1S/C17H24N2O/c1-17(2)8-5-9-19(12-17)11-16(20)14-10-18-15-7-4-3-6-13(14)15/h3-4,6-7,10,16,18,20H,5,8-9,11-12H2,1-2H3/p+1/t16-/m1/s1. The molecule has 2 aromatic rings. The zero-order valence-electron chi connectivity index (χ0n) is 12.4. The van der Waals surface area contributed by atoms with E-state index in [1.54, 1.807) is 0 Å². The zero-order chi connectivity index (χ0) is 14.2. The van der Waals surface area contributed by atoms with Crippen molar-refractivity contribution in [3.8, 4) is 0 Å². The average Bonchev–Trinajstić information content (AvgIpc) is 2.81. The molecule has 1 fully saturated rings. The Morgan fingerprint density at radius 1 is 1.35 bits per heavy atom. The normalized spacial score (nSPS) is 23.9. The minimum atomic E-state index is -0.380. The summed E-state index contributed by atoms with van der Waals surface area (Å²) in [4.78, 5) is 4.78. The van der Waals surface area contributed by atoms with Crippen molar-refractivity contribution < 1.29 is 10.0 Å². The Kier molecular flexibility index (Phi) is 3.57. The quantitative estimate of drug-likeness (QED) is 0.785. The van der Waals surface area contributed by atoms with Crippen LogP contribution < -0.4 is 4.90 Å². The van der Waals surface area contributed by atoms with Crippen LogP contribution in [0.2, 0.25) is 0 Å². The summed E-state index contributed by atoms with van der Waals surface area (Å²) < 4.78 is 0. The number of likely N-dealkylation sites (tertiary alicyclic amines) is 1. The van der Waals surface area contributed by atoms with E-state index in [0.29, 0.717) is 5.41 Å². The molecule has 2 atom stereocenters. The topological polar surface area (TPSA) is 40.5 Å². The van der Waals surface area contributed by atoms with Gasteiger partial charge in [0.2, 0.25) is 0 Å². The molecule has 0 saturated carbocycles. The third-order valence-corrected chi connectivity index (χ3v) is 4.57. The molecule has 20 heavy (non-hydrogen) atoms. The number of benzene rings is 1. The molecule has 1 aliphatic heterocycles. The highest BCUT2D eigenvalue weighted by atomic mass is 16.3. The molecule has 0 aliphatic carbocycles. The Morgan fingerprint density at radius 3 is 2.95 bits per heavy atom. The lowest BCUT2D eigenvalue weighted by atomic mass is 9.84. The molecule has 1 unspecified atom stereocenters. The van der Waals surface area contributed by atoms with E-state index in [2.05, 4.69) is 31.0 Å². The van der Waals surface area contributed by atoms with Gasteiger partial charge in [-0.2, -0.15) is 0 Å². The minimum Gasteiger partial charge on any atom is -0.382 e. The third kappa shape index (κ3) is 2.74. The first-order valence-electron chi connectivity index (χ1n) is 7.63. The van der Waals surface area contributed by atoms with Crippen LogP contribution in [0.3, 0.4) is 0 Å². The van der Waals surface area contributed by atoms with Gasteiger partial charge in [-0.25, -0.2) is 0 Å².